The highest BCUT2D eigenvalue weighted by Gasteiger charge is 2.30. The minimum atomic E-state index is -0.204. The van der Waals surface area contributed by atoms with Crippen molar-refractivity contribution in [2.75, 3.05) is 5.32 Å². The van der Waals surface area contributed by atoms with Gasteiger partial charge in [0.25, 0.3) is 0 Å². The summed E-state index contributed by atoms with van der Waals surface area (Å²) in [5.74, 6) is 0.441. The third-order valence-electron chi connectivity index (χ3n) is 4.28. The summed E-state index contributed by atoms with van der Waals surface area (Å²) >= 11 is 3.25. The van der Waals surface area contributed by atoms with Crippen molar-refractivity contribution in [2.24, 2.45) is 0 Å². The summed E-state index contributed by atoms with van der Waals surface area (Å²) in [6.45, 7) is 4.08. The number of hydrogen-bond donors (Lipinski definition) is 1. The van der Waals surface area contributed by atoms with Gasteiger partial charge in [-0.15, -0.1) is 0 Å². The van der Waals surface area contributed by atoms with E-state index in [1.54, 1.807) is 6.07 Å². The predicted molar refractivity (Wildman–Crippen MR) is 89.4 cm³/mol. The maximum atomic E-state index is 13.4. The van der Waals surface area contributed by atoms with Gasteiger partial charge < -0.3 is 5.32 Å². The van der Waals surface area contributed by atoms with Crippen molar-refractivity contribution in [3.63, 3.8) is 0 Å². The third kappa shape index (κ3) is 3.13. The van der Waals surface area contributed by atoms with E-state index in [0.29, 0.717) is 16.4 Å². The van der Waals surface area contributed by atoms with E-state index < -0.39 is 0 Å². The van der Waals surface area contributed by atoms with E-state index in [9.17, 15) is 4.39 Å². The van der Waals surface area contributed by atoms with Crippen molar-refractivity contribution in [2.45, 2.75) is 38.6 Å². The van der Waals surface area contributed by atoms with Crippen LogP contribution in [0.15, 0.2) is 40.9 Å². The lowest BCUT2D eigenvalue weighted by Gasteiger charge is -2.37. The standard InChI is InChI=1S/C18H19BrFN/c1-11-4-3-5-13(6-11)14-8-15(9-14)21-18-10-16(19)17(20)7-12(18)2/h3-7,10,14-15,21H,8-9H2,1-2H3. The molecule has 110 valence electrons. The van der Waals surface area contributed by atoms with Gasteiger partial charge in [0.15, 0.2) is 0 Å². The van der Waals surface area contributed by atoms with Crippen LogP contribution in [0.1, 0.15) is 35.4 Å². The zero-order valence-corrected chi connectivity index (χ0v) is 13.9. The first-order valence-electron chi connectivity index (χ1n) is 7.31. The summed E-state index contributed by atoms with van der Waals surface area (Å²) < 4.78 is 14.0. The Labute approximate surface area is 133 Å². The maximum absolute atomic E-state index is 13.4. The minimum Gasteiger partial charge on any atom is -0.382 e. The fourth-order valence-corrected chi connectivity index (χ4v) is 3.30. The van der Waals surface area contributed by atoms with E-state index in [2.05, 4.69) is 52.4 Å². The first kappa shape index (κ1) is 14.6. The van der Waals surface area contributed by atoms with Gasteiger partial charge in [0.2, 0.25) is 0 Å². The fourth-order valence-electron chi connectivity index (χ4n) is 2.95. The molecule has 0 bridgehead atoms. The number of hydrogen-bond acceptors (Lipinski definition) is 1. The average Bonchev–Trinajstić information content (AvgIpc) is 2.39. The van der Waals surface area contributed by atoms with E-state index in [1.165, 1.54) is 11.1 Å². The average molecular weight is 348 g/mol. The van der Waals surface area contributed by atoms with E-state index >= 15 is 0 Å². The van der Waals surface area contributed by atoms with Gasteiger partial charge in [0.05, 0.1) is 4.47 Å². The second-order valence-corrected chi connectivity index (χ2v) is 6.86. The molecule has 21 heavy (non-hydrogen) atoms. The summed E-state index contributed by atoms with van der Waals surface area (Å²) in [5, 5.41) is 3.53. The van der Waals surface area contributed by atoms with Crippen LogP contribution >= 0.6 is 15.9 Å². The van der Waals surface area contributed by atoms with Crippen LogP contribution in [0.4, 0.5) is 10.1 Å². The Morgan fingerprint density at radius 3 is 2.62 bits per heavy atom. The van der Waals surface area contributed by atoms with Gasteiger partial charge >= 0.3 is 0 Å². The summed E-state index contributed by atoms with van der Waals surface area (Å²) in [6.07, 6.45) is 2.27. The predicted octanol–water partition coefficient (Wildman–Crippen LogP) is 5.56. The monoisotopic (exact) mass is 347 g/mol. The van der Waals surface area contributed by atoms with Crippen LogP contribution in [0.3, 0.4) is 0 Å². The molecule has 2 aromatic rings. The zero-order valence-electron chi connectivity index (χ0n) is 12.3. The van der Waals surface area contributed by atoms with E-state index in [-0.39, 0.29) is 5.82 Å². The van der Waals surface area contributed by atoms with Gasteiger partial charge in [-0.1, -0.05) is 29.8 Å². The van der Waals surface area contributed by atoms with Gasteiger partial charge in [0, 0.05) is 11.7 Å². The summed E-state index contributed by atoms with van der Waals surface area (Å²) in [5.41, 5.74) is 4.73. The summed E-state index contributed by atoms with van der Waals surface area (Å²) in [7, 11) is 0. The van der Waals surface area contributed by atoms with Crippen LogP contribution in [0.25, 0.3) is 0 Å². The van der Waals surface area contributed by atoms with E-state index in [1.807, 2.05) is 13.0 Å². The van der Waals surface area contributed by atoms with Gasteiger partial charge in [-0.3, -0.25) is 0 Å². The van der Waals surface area contributed by atoms with E-state index in [0.717, 1.165) is 24.1 Å². The molecule has 1 nitrogen and oxygen atoms in total. The molecule has 3 heteroatoms. The molecule has 0 aliphatic heterocycles. The first-order valence-corrected chi connectivity index (χ1v) is 8.11. The van der Waals surface area contributed by atoms with E-state index in [4.69, 9.17) is 0 Å². The highest BCUT2D eigenvalue weighted by Crippen LogP contribution is 2.39. The molecule has 1 fully saturated rings. The number of nitrogens with one attached hydrogen (secondary N) is 1. The lowest BCUT2D eigenvalue weighted by Crippen LogP contribution is -2.34. The number of rotatable bonds is 3. The van der Waals surface area contributed by atoms with Crippen molar-refractivity contribution < 1.29 is 4.39 Å². The Bertz CT molecular complexity index is 662. The van der Waals surface area contributed by atoms with Crippen molar-refractivity contribution in [1.82, 2.24) is 0 Å². The molecular formula is C18H19BrFN. The Hall–Kier alpha value is -1.35. The topological polar surface area (TPSA) is 12.0 Å². The Balaban J connectivity index is 1.64. The number of aryl methyl sites for hydroxylation is 2. The Morgan fingerprint density at radius 1 is 1.14 bits per heavy atom. The molecule has 1 N–H and O–H groups in total. The molecule has 0 aromatic heterocycles. The minimum absolute atomic E-state index is 0.204. The molecule has 1 aliphatic rings. The van der Waals surface area contributed by atoms with Crippen LogP contribution in [0.2, 0.25) is 0 Å². The lowest BCUT2D eigenvalue weighted by atomic mass is 9.75. The second kappa shape index (κ2) is 5.80. The molecule has 0 saturated heterocycles. The number of halogens is 2. The maximum Gasteiger partial charge on any atom is 0.137 e. The van der Waals surface area contributed by atoms with Crippen molar-refractivity contribution in [3.8, 4) is 0 Å². The van der Waals surface area contributed by atoms with Crippen LogP contribution in [-0.4, -0.2) is 6.04 Å². The van der Waals surface area contributed by atoms with Gasteiger partial charge in [-0.2, -0.15) is 0 Å². The summed E-state index contributed by atoms with van der Waals surface area (Å²) in [4.78, 5) is 0. The van der Waals surface area contributed by atoms with Crippen LogP contribution < -0.4 is 5.32 Å². The third-order valence-corrected chi connectivity index (χ3v) is 4.89. The van der Waals surface area contributed by atoms with Gasteiger partial charge in [-0.25, -0.2) is 4.39 Å². The summed E-state index contributed by atoms with van der Waals surface area (Å²) in [6, 6.07) is 12.7. The molecule has 2 aromatic carbocycles. The molecule has 3 rings (SSSR count). The second-order valence-electron chi connectivity index (χ2n) is 6.00. The molecule has 1 aliphatic carbocycles. The first-order chi connectivity index (χ1) is 10.0. The Kier molecular flexibility index (Phi) is 4.03. The lowest BCUT2D eigenvalue weighted by molar-refractivity contribution is 0.374. The Morgan fingerprint density at radius 2 is 1.90 bits per heavy atom. The molecule has 0 spiro atoms. The van der Waals surface area contributed by atoms with Crippen molar-refractivity contribution >= 4 is 21.6 Å². The smallest absolute Gasteiger partial charge is 0.137 e. The molecular weight excluding hydrogens is 329 g/mol. The SMILES string of the molecule is Cc1cccc(C2CC(Nc3cc(Br)c(F)cc3C)C2)c1. The fraction of sp³-hybridized carbons (Fsp3) is 0.333. The van der Waals surface area contributed by atoms with Crippen molar-refractivity contribution in [1.29, 1.82) is 0 Å². The van der Waals surface area contributed by atoms with Crippen LogP contribution in [0.5, 0.6) is 0 Å². The van der Waals surface area contributed by atoms with Crippen LogP contribution in [-0.2, 0) is 0 Å². The molecule has 1 saturated carbocycles. The highest BCUT2D eigenvalue weighted by atomic mass is 79.9. The normalized spacial score (nSPS) is 21.0. The van der Waals surface area contributed by atoms with Crippen LogP contribution in [0, 0.1) is 19.7 Å². The number of benzene rings is 2. The molecule has 0 unspecified atom stereocenters. The number of anilines is 1. The molecule has 0 amide bonds. The molecule has 0 heterocycles. The van der Waals surface area contributed by atoms with Gasteiger partial charge in [0.1, 0.15) is 5.82 Å². The highest BCUT2D eigenvalue weighted by molar-refractivity contribution is 9.10. The quantitative estimate of drug-likeness (QED) is 0.765. The zero-order chi connectivity index (χ0) is 15.0. The largest absolute Gasteiger partial charge is 0.382 e. The molecule has 0 radical (unpaired) electrons. The van der Waals surface area contributed by atoms with Crippen molar-refractivity contribution in [3.05, 3.63) is 63.4 Å². The van der Waals surface area contributed by atoms with Gasteiger partial charge in [-0.05, 0) is 71.8 Å². The molecule has 0 atom stereocenters.